The first-order valence-electron chi connectivity index (χ1n) is 10.7. The van der Waals surface area contributed by atoms with Crippen molar-refractivity contribution in [2.45, 2.75) is 12.8 Å². The number of halogens is 1. The zero-order valence-corrected chi connectivity index (χ0v) is 20.4. The molecule has 4 rings (SSSR count). The fourth-order valence-corrected chi connectivity index (χ4v) is 4.83. The Balaban J connectivity index is 1.53. The van der Waals surface area contributed by atoms with Gasteiger partial charge in [0.15, 0.2) is 0 Å². The van der Waals surface area contributed by atoms with E-state index < -0.39 is 17.1 Å². The van der Waals surface area contributed by atoms with Gasteiger partial charge in [-0.3, -0.25) is 19.3 Å². The Kier molecular flexibility index (Phi) is 7.33. The molecule has 0 aliphatic carbocycles. The van der Waals surface area contributed by atoms with Crippen LogP contribution in [0.3, 0.4) is 0 Å². The van der Waals surface area contributed by atoms with Crippen molar-refractivity contribution in [3.05, 3.63) is 51.9 Å². The second kappa shape index (κ2) is 10.4. The van der Waals surface area contributed by atoms with Gasteiger partial charge in [0.1, 0.15) is 18.0 Å². The van der Waals surface area contributed by atoms with Crippen LogP contribution in [0.4, 0.5) is 16.2 Å². The zero-order valence-electron chi connectivity index (χ0n) is 18.8. The minimum absolute atomic E-state index is 0.207. The molecule has 34 heavy (non-hydrogen) atoms. The molecule has 0 unspecified atom stereocenters. The standard InChI is InChI=1S/C24H24ClN3O5S/c1-32-19-13-18(27-9-3-4-10-27)20(33-2)11-15(19)12-21-23(30)28(24(31)34-21)14-22(29)26-17-7-5-16(25)6-8-17/h5-8,11-13H,3-4,9-10,14H2,1-2H3,(H,26,29)/b21-12-. The molecule has 0 atom stereocenters. The number of carbonyl (C=O) groups is 3. The fraction of sp³-hybridized carbons (Fsp3) is 0.292. The summed E-state index contributed by atoms with van der Waals surface area (Å²) in [4.78, 5) is 41.2. The number of anilines is 2. The first-order chi connectivity index (χ1) is 16.4. The lowest BCUT2D eigenvalue weighted by atomic mass is 10.1. The van der Waals surface area contributed by atoms with Gasteiger partial charge in [0.05, 0.1) is 24.8 Å². The number of benzene rings is 2. The number of amides is 3. The number of nitrogens with one attached hydrogen (secondary N) is 1. The van der Waals surface area contributed by atoms with Gasteiger partial charge in [-0.2, -0.15) is 0 Å². The minimum atomic E-state index is -0.536. The number of thioether (sulfide) groups is 1. The number of carbonyl (C=O) groups excluding carboxylic acids is 3. The molecular formula is C24H24ClN3O5S. The molecular weight excluding hydrogens is 478 g/mol. The molecule has 2 aliphatic rings. The Morgan fingerprint density at radius 2 is 1.76 bits per heavy atom. The van der Waals surface area contributed by atoms with Gasteiger partial charge in [0, 0.05) is 35.4 Å². The molecule has 2 saturated heterocycles. The summed E-state index contributed by atoms with van der Waals surface area (Å²) in [6.07, 6.45) is 3.83. The second-order valence-corrected chi connectivity index (χ2v) is 9.21. The summed E-state index contributed by atoms with van der Waals surface area (Å²) < 4.78 is 11.2. The molecule has 0 saturated carbocycles. The average molecular weight is 502 g/mol. The van der Waals surface area contributed by atoms with Crippen molar-refractivity contribution in [1.82, 2.24) is 4.90 Å². The quantitative estimate of drug-likeness (QED) is 0.553. The van der Waals surface area contributed by atoms with Gasteiger partial charge in [-0.15, -0.1) is 0 Å². The number of nitrogens with zero attached hydrogens (tertiary/aromatic N) is 2. The van der Waals surface area contributed by atoms with Crippen LogP contribution in [0.15, 0.2) is 41.3 Å². The largest absolute Gasteiger partial charge is 0.496 e. The highest BCUT2D eigenvalue weighted by Gasteiger charge is 2.36. The van der Waals surface area contributed by atoms with Crippen LogP contribution in [0.25, 0.3) is 6.08 Å². The van der Waals surface area contributed by atoms with Gasteiger partial charge in [0.2, 0.25) is 5.91 Å². The maximum Gasteiger partial charge on any atom is 0.294 e. The van der Waals surface area contributed by atoms with Crippen LogP contribution in [0.5, 0.6) is 11.5 Å². The summed E-state index contributed by atoms with van der Waals surface area (Å²) in [5.41, 5.74) is 2.06. The fourth-order valence-electron chi connectivity index (χ4n) is 3.88. The Labute approximate surface area is 206 Å². The molecule has 0 radical (unpaired) electrons. The van der Waals surface area contributed by atoms with Crippen LogP contribution in [0.1, 0.15) is 18.4 Å². The van der Waals surface area contributed by atoms with Gasteiger partial charge in [0.25, 0.3) is 11.1 Å². The number of methoxy groups -OCH3 is 2. The predicted molar refractivity (Wildman–Crippen MR) is 134 cm³/mol. The molecule has 2 aliphatic heterocycles. The van der Waals surface area contributed by atoms with Gasteiger partial charge in [-0.05, 0) is 61.0 Å². The van der Waals surface area contributed by atoms with Gasteiger partial charge < -0.3 is 19.7 Å². The van der Waals surface area contributed by atoms with Crippen molar-refractivity contribution in [2.75, 3.05) is 44.1 Å². The van der Waals surface area contributed by atoms with Gasteiger partial charge >= 0.3 is 0 Å². The Bertz CT molecular complexity index is 1150. The lowest BCUT2D eigenvalue weighted by molar-refractivity contribution is -0.127. The van der Waals surface area contributed by atoms with Crippen LogP contribution in [0.2, 0.25) is 5.02 Å². The van der Waals surface area contributed by atoms with E-state index in [0.29, 0.717) is 27.8 Å². The van der Waals surface area contributed by atoms with E-state index in [4.69, 9.17) is 21.1 Å². The predicted octanol–water partition coefficient (Wildman–Crippen LogP) is 4.63. The molecule has 1 N–H and O–H groups in total. The van der Waals surface area contributed by atoms with E-state index in [-0.39, 0.29) is 11.4 Å². The first kappa shape index (κ1) is 24.0. The number of hydrogen-bond acceptors (Lipinski definition) is 7. The van der Waals surface area contributed by atoms with E-state index in [0.717, 1.165) is 48.3 Å². The number of hydrogen-bond donors (Lipinski definition) is 1. The molecule has 0 spiro atoms. The SMILES string of the molecule is COc1cc(N2CCCC2)c(OC)cc1/C=C1\SC(=O)N(CC(=O)Nc2ccc(Cl)cc2)C1=O. The molecule has 2 heterocycles. The molecule has 3 amide bonds. The normalized spacial score (nSPS) is 17.0. The highest BCUT2D eigenvalue weighted by molar-refractivity contribution is 8.18. The van der Waals surface area contributed by atoms with Crippen molar-refractivity contribution in [3.8, 4) is 11.5 Å². The first-order valence-corrected chi connectivity index (χ1v) is 11.9. The molecule has 8 nitrogen and oxygen atoms in total. The van der Waals surface area contributed by atoms with Crippen molar-refractivity contribution < 1.29 is 23.9 Å². The molecule has 2 aromatic carbocycles. The summed E-state index contributed by atoms with van der Waals surface area (Å²) in [7, 11) is 3.15. The van der Waals surface area contributed by atoms with Crippen molar-refractivity contribution in [3.63, 3.8) is 0 Å². The van der Waals surface area contributed by atoms with Gasteiger partial charge in [-0.1, -0.05) is 11.6 Å². The highest BCUT2D eigenvalue weighted by Crippen LogP contribution is 2.40. The molecule has 0 aromatic heterocycles. The number of ether oxygens (including phenoxy) is 2. The minimum Gasteiger partial charge on any atom is -0.496 e. The maximum atomic E-state index is 12.9. The van der Waals surface area contributed by atoms with Crippen LogP contribution in [0, 0.1) is 0 Å². The lowest BCUT2D eigenvalue weighted by Crippen LogP contribution is -2.36. The van der Waals surface area contributed by atoms with E-state index in [2.05, 4.69) is 10.2 Å². The maximum absolute atomic E-state index is 12.9. The third-order valence-corrected chi connectivity index (χ3v) is 6.73. The van der Waals surface area contributed by atoms with Crippen molar-refractivity contribution in [1.29, 1.82) is 0 Å². The Morgan fingerprint density at radius 3 is 2.41 bits per heavy atom. The Morgan fingerprint density at radius 1 is 1.09 bits per heavy atom. The smallest absolute Gasteiger partial charge is 0.294 e. The zero-order chi connectivity index (χ0) is 24.2. The Hall–Kier alpha value is -3.17. The van der Waals surface area contributed by atoms with E-state index in [9.17, 15) is 14.4 Å². The van der Waals surface area contributed by atoms with Gasteiger partial charge in [-0.25, -0.2) is 0 Å². The summed E-state index contributed by atoms with van der Waals surface area (Å²) >= 11 is 6.63. The van der Waals surface area contributed by atoms with Crippen LogP contribution >= 0.6 is 23.4 Å². The van der Waals surface area contributed by atoms with Crippen LogP contribution < -0.4 is 19.7 Å². The summed E-state index contributed by atoms with van der Waals surface area (Å²) in [5, 5.41) is 2.68. The molecule has 2 fully saturated rings. The van der Waals surface area contributed by atoms with E-state index >= 15 is 0 Å². The highest BCUT2D eigenvalue weighted by atomic mass is 35.5. The lowest BCUT2D eigenvalue weighted by Gasteiger charge is -2.22. The summed E-state index contributed by atoms with van der Waals surface area (Å²) in [5.74, 6) is 0.205. The molecule has 2 aromatic rings. The molecule has 10 heteroatoms. The second-order valence-electron chi connectivity index (χ2n) is 7.78. The topological polar surface area (TPSA) is 88.2 Å². The summed E-state index contributed by atoms with van der Waals surface area (Å²) in [6, 6.07) is 10.2. The van der Waals surface area contributed by atoms with Crippen molar-refractivity contribution in [2.24, 2.45) is 0 Å². The average Bonchev–Trinajstić information content (AvgIpc) is 3.45. The molecule has 178 valence electrons. The third-order valence-electron chi connectivity index (χ3n) is 5.57. The number of imide groups is 1. The van der Waals surface area contributed by atoms with E-state index in [1.807, 2.05) is 6.07 Å². The van der Waals surface area contributed by atoms with Crippen molar-refractivity contribution >= 4 is 57.9 Å². The number of rotatable bonds is 7. The van der Waals surface area contributed by atoms with Crippen LogP contribution in [-0.2, 0) is 9.59 Å². The molecule has 0 bridgehead atoms. The third kappa shape index (κ3) is 5.15. The van der Waals surface area contributed by atoms with Crippen LogP contribution in [-0.4, -0.2) is 55.8 Å². The van der Waals surface area contributed by atoms with E-state index in [1.54, 1.807) is 50.6 Å². The summed E-state index contributed by atoms with van der Waals surface area (Å²) in [6.45, 7) is 1.49. The monoisotopic (exact) mass is 501 g/mol. The van der Waals surface area contributed by atoms with E-state index in [1.165, 1.54) is 0 Å².